The molecule has 0 spiro atoms. The standard InChI is InChI=1S/C14H11ClFNO3S/c1-21(19,20)11-6-7-13(15)12(8-11)14(18)17-10-4-2-9(16)3-5-10/h2-8H,1H3,(H,17,18). The van der Waals surface area contributed by atoms with Crippen LogP contribution >= 0.6 is 11.6 Å². The summed E-state index contributed by atoms with van der Waals surface area (Å²) in [5.41, 5.74) is 0.408. The Balaban J connectivity index is 2.32. The normalized spacial score (nSPS) is 11.2. The van der Waals surface area contributed by atoms with Gasteiger partial charge in [0, 0.05) is 11.9 Å². The molecule has 0 atom stereocenters. The second kappa shape index (κ2) is 5.83. The monoisotopic (exact) mass is 327 g/mol. The summed E-state index contributed by atoms with van der Waals surface area (Å²) in [6, 6.07) is 9.05. The molecule has 0 aliphatic carbocycles. The van der Waals surface area contributed by atoms with Crippen LogP contribution in [-0.2, 0) is 9.84 Å². The van der Waals surface area contributed by atoms with E-state index in [1.54, 1.807) is 0 Å². The van der Waals surface area contributed by atoms with Gasteiger partial charge in [-0.2, -0.15) is 0 Å². The minimum absolute atomic E-state index is 0.00356. The van der Waals surface area contributed by atoms with E-state index in [2.05, 4.69) is 5.32 Å². The van der Waals surface area contributed by atoms with Crippen molar-refractivity contribution in [3.05, 3.63) is 58.9 Å². The molecule has 0 heterocycles. The van der Waals surface area contributed by atoms with Crippen molar-refractivity contribution in [1.82, 2.24) is 0 Å². The second-order valence-electron chi connectivity index (χ2n) is 4.37. The number of hydrogen-bond donors (Lipinski definition) is 1. The maximum atomic E-state index is 12.8. The van der Waals surface area contributed by atoms with Crippen LogP contribution in [0.25, 0.3) is 0 Å². The van der Waals surface area contributed by atoms with Gasteiger partial charge in [0.2, 0.25) is 0 Å². The molecule has 0 aliphatic heterocycles. The maximum Gasteiger partial charge on any atom is 0.257 e. The average Bonchev–Trinajstić information content (AvgIpc) is 2.40. The molecule has 1 N–H and O–H groups in total. The third-order valence-electron chi connectivity index (χ3n) is 2.71. The maximum absolute atomic E-state index is 12.8. The largest absolute Gasteiger partial charge is 0.322 e. The first kappa shape index (κ1) is 15.5. The van der Waals surface area contributed by atoms with Crippen LogP contribution in [0.2, 0.25) is 5.02 Å². The Morgan fingerprint density at radius 2 is 1.76 bits per heavy atom. The number of sulfone groups is 1. The predicted molar refractivity (Wildman–Crippen MR) is 78.9 cm³/mol. The summed E-state index contributed by atoms with van der Waals surface area (Å²) in [6.07, 6.45) is 1.04. The zero-order valence-electron chi connectivity index (χ0n) is 10.9. The first-order valence-corrected chi connectivity index (χ1v) is 8.11. The van der Waals surface area contributed by atoms with Crippen LogP contribution in [0.3, 0.4) is 0 Å². The van der Waals surface area contributed by atoms with Crippen LogP contribution in [0.1, 0.15) is 10.4 Å². The SMILES string of the molecule is CS(=O)(=O)c1ccc(Cl)c(C(=O)Nc2ccc(F)cc2)c1. The average molecular weight is 328 g/mol. The number of nitrogens with one attached hydrogen (secondary N) is 1. The van der Waals surface area contributed by atoms with Gasteiger partial charge in [0.15, 0.2) is 9.84 Å². The highest BCUT2D eigenvalue weighted by Gasteiger charge is 2.15. The van der Waals surface area contributed by atoms with Crippen LogP contribution in [0.4, 0.5) is 10.1 Å². The molecule has 0 radical (unpaired) electrons. The van der Waals surface area contributed by atoms with Crippen LogP contribution in [0, 0.1) is 5.82 Å². The van der Waals surface area contributed by atoms with Gasteiger partial charge in [-0.05, 0) is 42.5 Å². The van der Waals surface area contributed by atoms with E-state index < -0.39 is 21.6 Å². The third kappa shape index (κ3) is 3.80. The Hall–Kier alpha value is -1.92. The Kier molecular flexibility index (Phi) is 4.29. The molecule has 2 aromatic rings. The summed E-state index contributed by atoms with van der Waals surface area (Å²) < 4.78 is 35.8. The topological polar surface area (TPSA) is 63.2 Å². The summed E-state index contributed by atoms with van der Waals surface area (Å²) in [5, 5.41) is 2.65. The lowest BCUT2D eigenvalue weighted by atomic mass is 10.2. The molecule has 0 fully saturated rings. The smallest absolute Gasteiger partial charge is 0.257 e. The summed E-state index contributed by atoms with van der Waals surface area (Å²) in [4.78, 5) is 12.1. The van der Waals surface area contributed by atoms with Crippen LogP contribution < -0.4 is 5.32 Å². The van der Waals surface area contributed by atoms with Crippen LogP contribution in [0.15, 0.2) is 47.4 Å². The van der Waals surface area contributed by atoms with E-state index in [0.29, 0.717) is 5.69 Å². The van der Waals surface area contributed by atoms with E-state index >= 15 is 0 Å². The van der Waals surface area contributed by atoms with Gasteiger partial charge in [0.05, 0.1) is 15.5 Å². The fourth-order valence-electron chi connectivity index (χ4n) is 1.64. The molecule has 2 rings (SSSR count). The highest BCUT2D eigenvalue weighted by Crippen LogP contribution is 2.22. The summed E-state index contributed by atoms with van der Waals surface area (Å²) in [6.45, 7) is 0. The minimum Gasteiger partial charge on any atom is -0.322 e. The molecule has 0 unspecified atom stereocenters. The van der Waals surface area contributed by atoms with Gasteiger partial charge in [-0.3, -0.25) is 4.79 Å². The van der Waals surface area contributed by atoms with Gasteiger partial charge in [-0.15, -0.1) is 0 Å². The second-order valence-corrected chi connectivity index (χ2v) is 6.80. The Morgan fingerprint density at radius 3 is 2.33 bits per heavy atom. The number of carbonyl (C=O) groups excluding carboxylic acids is 1. The van der Waals surface area contributed by atoms with Crippen molar-refractivity contribution in [2.24, 2.45) is 0 Å². The molecule has 0 aliphatic rings. The number of benzene rings is 2. The lowest BCUT2D eigenvalue weighted by Gasteiger charge is -2.08. The quantitative estimate of drug-likeness (QED) is 0.942. The van der Waals surface area contributed by atoms with E-state index in [9.17, 15) is 17.6 Å². The molecule has 21 heavy (non-hydrogen) atoms. The lowest BCUT2D eigenvalue weighted by Crippen LogP contribution is -2.13. The van der Waals surface area contributed by atoms with Gasteiger partial charge in [0.25, 0.3) is 5.91 Å². The third-order valence-corrected chi connectivity index (χ3v) is 4.15. The van der Waals surface area contributed by atoms with Crippen molar-refractivity contribution in [3.8, 4) is 0 Å². The summed E-state index contributed by atoms with van der Waals surface area (Å²) in [5.74, 6) is -0.998. The molecule has 110 valence electrons. The zero-order chi connectivity index (χ0) is 15.6. The molecule has 7 heteroatoms. The number of carbonyl (C=O) groups is 1. The fourth-order valence-corrected chi connectivity index (χ4v) is 2.49. The molecule has 0 saturated heterocycles. The lowest BCUT2D eigenvalue weighted by molar-refractivity contribution is 0.102. The van der Waals surface area contributed by atoms with Gasteiger partial charge in [-0.25, -0.2) is 12.8 Å². The summed E-state index contributed by atoms with van der Waals surface area (Å²) in [7, 11) is -3.44. The summed E-state index contributed by atoms with van der Waals surface area (Å²) >= 11 is 5.92. The van der Waals surface area contributed by atoms with E-state index in [1.807, 2.05) is 0 Å². The molecule has 0 aromatic heterocycles. The van der Waals surface area contributed by atoms with E-state index in [1.165, 1.54) is 42.5 Å². The van der Waals surface area contributed by atoms with Crippen molar-refractivity contribution in [1.29, 1.82) is 0 Å². The van der Waals surface area contributed by atoms with Crippen LogP contribution in [-0.4, -0.2) is 20.6 Å². The van der Waals surface area contributed by atoms with E-state index in [0.717, 1.165) is 6.26 Å². The number of amides is 1. The molecular weight excluding hydrogens is 317 g/mol. The first-order chi connectivity index (χ1) is 9.77. The molecule has 0 saturated carbocycles. The molecule has 0 bridgehead atoms. The Morgan fingerprint density at radius 1 is 1.14 bits per heavy atom. The molecular formula is C14H11ClFNO3S. The molecule has 2 aromatic carbocycles. The highest BCUT2D eigenvalue weighted by atomic mass is 35.5. The van der Waals surface area contributed by atoms with Gasteiger partial charge >= 0.3 is 0 Å². The van der Waals surface area contributed by atoms with Gasteiger partial charge in [-0.1, -0.05) is 11.6 Å². The number of hydrogen-bond acceptors (Lipinski definition) is 3. The van der Waals surface area contributed by atoms with Gasteiger partial charge < -0.3 is 5.32 Å². The highest BCUT2D eigenvalue weighted by molar-refractivity contribution is 7.90. The number of rotatable bonds is 3. The predicted octanol–water partition coefficient (Wildman–Crippen LogP) is 3.13. The van der Waals surface area contributed by atoms with Crippen LogP contribution in [0.5, 0.6) is 0 Å². The van der Waals surface area contributed by atoms with Crippen molar-refractivity contribution in [2.45, 2.75) is 4.90 Å². The van der Waals surface area contributed by atoms with Crippen molar-refractivity contribution in [2.75, 3.05) is 11.6 Å². The first-order valence-electron chi connectivity index (χ1n) is 5.84. The van der Waals surface area contributed by atoms with E-state index in [-0.39, 0.29) is 15.5 Å². The Bertz CT molecular complexity index is 788. The fraction of sp³-hybridized carbons (Fsp3) is 0.0714. The molecule has 4 nitrogen and oxygen atoms in total. The minimum atomic E-state index is -3.44. The van der Waals surface area contributed by atoms with Crippen molar-refractivity contribution in [3.63, 3.8) is 0 Å². The number of anilines is 1. The van der Waals surface area contributed by atoms with E-state index in [4.69, 9.17) is 11.6 Å². The van der Waals surface area contributed by atoms with Crippen molar-refractivity contribution >= 4 is 33.0 Å². The molecule has 1 amide bonds. The Labute approximate surface area is 126 Å². The van der Waals surface area contributed by atoms with Crippen molar-refractivity contribution < 1.29 is 17.6 Å². The van der Waals surface area contributed by atoms with Gasteiger partial charge in [0.1, 0.15) is 5.82 Å². The number of halogens is 2. The zero-order valence-corrected chi connectivity index (χ0v) is 12.5.